The lowest BCUT2D eigenvalue weighted by Gasteiger charge is -2.68. The number of carbonyl (C=O) groups is 1. The van der Waals surface area contributed by atoms with Crippen molar-refractivity contribution in [2.75, 3.05) is 43.4 Å². The van der Waals surface area contributed by atoms with Crippen molar-refractivity contribution >= 4 is 38.0 Å². The monoisotopic (exact) mass is 837 g/mol. The van der Waals surface area contributed by atoms with Gasteiger partial charge in [0.05, 0.1) is 21.6 Å². The van der Waals surface area contributed by atoms with Crippen LogP contribution >= 0.6 is 0 Å². The fourth-order valence-corrected chi connectivity index (χ4v) is 12.1. The minimum atomic E-state index is -4.26. The van der Waals surface area contributed by atoms with Crippen LogP contribution in [0.5, 0.6) is 11.5 Å². The van der Waals surface area contributed by atoms with Crippen molar-refractivity contribution < 1.29 is 27.3 Å². The molecule has 2 aromatic carbocycles. The molecular formula is C47H56FN5O6S. The van der Waals surface area contributed by atoms with Crippen molar-refractivity contribution in [2.45, 2.75) is 108 Å². The molecule has 6 aliphatic rings. The molecule has 1 N–H and O–H groups in total. The first-order valence-electron chi connectivity index (χ1n) is 21.8. The predicted molar refractivity (Wildman–Crippen MR) is 230 cm³/mol. The highest BCUT2D eigenvalue weighted by Gasteiger charge is 2.70. The number of aromatic nitrogens is 2. The number of H-pyrrole nitrogens is 1. The SMILES string of the molecule is CC1(C)CCC(CN2CCN(c3ccc(C(=O)CS(=O)(=O)c4ccc(CCC5CCCCC5)c([N+](=O)[O-])c4)c(Oc4cnc5[nH]ccc5c4)c3)CC2)=C(C23CC(F)(C2)C3)C1. The number of alkyl halides is 1. The van der Waals surface area contributed by atoms with E-state index in [1.54, 1.807) is 30.6 Å². The molecule has 5 fully saturated rings. The van der Waals surface area contributed by atoms with Crippen LogP contribution in [0.25, 0.3) is 11.0 Å². The number of Topliss-reactive ketones (excluding diaryl/α,β-unsaturated/α-hetero) is 1. The number of carbonyl (C=O) groups excluding carboxylic acids is 1. The van der Waals surface area contributed by atoms with Crippen molar-refractivity contribution in [3.05, 3.63) is 93.3 Å². The van der Waals surface area contributed by atoms with E-state index in [0.717, 1.165) is 88.4 Å². The third-order valence-electron chi connectivity index (χ3n) is 14.3. The molecule has 3 heterocycles. The molecule has 0 spiro atoms. The minimum absolute atomic E-state index is 0.0933. The second-order valence-electron chi connectivity index (χ2n) is 19.3. The topological polar surface area (TPSA) is 139 Å². The maximum absolute atomic E-state index is 14.7. The third-order valence-corrected chi connectivity index (χ3v) is 15.9. The number of halogens is 1. The summed E-state index contributed by atoms with van der Waals surface area (Å²) in [6.45, 7) is 8.78. The highest BCUT2D eigenvalue weighted by Crippen LogP contribution is 2.74. The van der Waals surface area contributed by atoms with Gasteiger partial charge in [-0.15, -0.1) is 0 Å². The summed E-state index contributed by atoms with van der Waals surface area (Å²) >= 11 is 0. The number of nitrogens with zero attached hydrogens (tertiary/aromatic N) is 4. The number of ketones is 1. The van der Waals surface area contributed by atoms with Gasteiger partial charge in [-0.3, -0.25) is 19.8 Å². The Labute approximate surface area is 351 Å². The van der Waals surface area contributed by atoms with E-state index in [0.29, 0.717) is 48.6 Å². The highest BCUT2D eigenvalue weighted by atomic mass is 32.2. The van der Waals surface area contributed by atoms with Crippen LogP contribution in [-0.4, -0.2) is 78.1 Å². The summed E-state index contributed by atoms with van der Waals surface area (Å²) in [5, 5.41) is 13.0. The van der Waals surface area contributed by atoms with Crippen molar-refractivity contribution in [1.29, 1.82) is 0 Å². The molecule has 11 nitrogen and oxygen atoms in total. The zero-order chi connectivity index (χ0) is 41.9. The first-order valence-corrected chi connectivity index (χ1v) is 23.5. The number of hydrogen-bond acceptors (Lipinski definition) is 9. The van der Waals surface area contributed by atoms with Gasteiger partial charge in [0, 0.05) is 73.1 Å². The van der Waals surface area contributed by atoms with Crippen molar-refractivity contribution in [1.82, 2.24) is 14.9 Å². The second-order valence-corrected chi connectivity index (χ2v) is 21.3. The number of piperazine rings is 1. The first kappa shape index (κ1) is 40.8. The van der Waals surface area contributed by atoms with Gasteiger partial charge in [0.25, 0.3) is 5.69 Å². The van der Waals surface area contributed by atoms with Crippen molar-refractivity contribution in [3.63, 3.8) is 0 Å². The quantitative estimate of drug-likeness (QED) is 0.0569. The molecule has 0 unspecified atom stereocenters. The Morgan fingerprint density at radius 2 is 1.78 bits per heavy atom. The Balaban J connectivity index is 0.922. The summed E-state index contributed by atoms with van der Waals surface area (Å²) < 4.78 is 48.6. The number of sulfone groups is 1. The van der Waals surface area contributed by atoms with E-state index in [1.807, 2.05) is 12.1 Å². The standard InChI is InChI=1S/C47H56FN5O6S/c1-45(2)16-14-35(40(25-45)46-29-47(48,30-46)31-46)27-51-18-20-52(21-19-51)36-11-13-39(43(23-36)59-37-22-34-15-17-49-44(34)50-26-37)42(54)28-60(57,58)38-12-10-33(41(24-38)53(55)56)9-8-32-6-4-3-5-7-32/h10-13,15,17,22-24,26,32H,3-9,14,16,18-21,25,27-31H2,1-2H3,(H,49,50). The van der Waals surface area contributed by atoms with Gasteiger partial charge in [-0.2, -0.15) is 0 Å². The number of nitro benzene ring substituents is 1. The molecule has 318 valence electrons. The van der Waals surface area contributed by atoms with Crippen molar-refractivity contribution in [3.8, 4) is 11.5 Å². The fraction of sp³-hybridized carbons (Fsp3) is 0.532. The van der Waals surface area contributed by atoms with Gasteiger partial charge in [-0.25, -0.2) is 17.8 Å². The van der Waals surface area contributed by atoms with Gasteiger partial charge in [0.1, 0.15) is 28.6 Å². The average Bonchev–Trinajstić information content (AvgIpc) is 3.68. The zero-order valence-corrected chi connectivity index (χ0v) is 35.6. The molecule has 60 heavy (non-hydrogen) atoms. The van der Waals surface area contributed by atoms with Gasteiger partial charge >= 0.3 is 0 Å². The van der Waals surface area contributed by atoms with E-state index < -0.39 is 32.0 Å². The number of nitrogens with one attached hydrogen (secondary N) is 1. The molecule has 4 saturated carbocycles. The summed E-state index contributed by atoms with van der Waals surface area (Å²) in [5.41, 5.74) is 4.38. The lowest BCUT2D eigenvalue weighted by Crippen LogP contribution is -2.65. The largest absolute Gasteiger partial charge is 0.455 e. The van der Waals surface area contributed by atoms with Gasteiger partial charge in [0.2, 0.25) is 0 Å². The Hall–Kier alpha value is -4.62. The minimum Gasteiger partial charge on any atom is -0.455 e. The number of allylic oxidation sites excluding steroid dienone is 1. The second kappa shape index (κ2) is 15.7. The van der Waals surface area contributed by atoms with E-state index in [2.05, 4.69) is 33.6 Å². The Kier molecular flexibility index (Phi) is 10.7. The smallest absolute Gasteiger partial charge is 0.273 e. The molecule has 5 aliphatic carbocycles. The first-order chi connectivity index (χ1) is 28.7. The molecule has 2 aromatic heterocycles. The van der Waals surface area contributed by atoms with Crippen LogP contribution in [-0.2, 0) is 16.3 Å². The average molecular weight is 838 g/mol. The zero-order valence-electron chi connectivity index (χ0n) is 34.8. The molecule has 2 bridgehead atoms. The van der Waals surface area contributed by atoms with Crippen LogP contribution in [0.1, 0.15) is 107 Å². The van der Waals surface area contributed by atoms with Gasteiger partial charge in [-0.05, 0) is 93.0 Å². The molecule has 10 rings (SSSR count). The van der Waals surface area contributed by atoms with E-state index in [9.17, 15) is 27.7 Å². The summed E-state index contributed by atoms with van der Waals surface area (Å²) in [6.07, 6.45) is 15.8. The lowest BCUT2D eigenvalue weighted by molar-refractivity contribution is -0.385. The summed E-state index contributed by atoms with van der Waals surface area (Å²) in [6, 6.07) is 13.0. The van der Waals surface area contributed by atoms with Crippen LogP contribution < -0.4 is 9.64 Å². The normalized spacial score (nSPS) is 24.6. The van der Waals surface area contributed by atoms with Gasteiger partial charge < -0.3 is 14.6 Å². The van der Waals surface area contributed by atoms with Crippen molar-refractivity contribution in [2.24, 2.45) is 16.7 Å². The number of anilines is 1. The van der Waals surface area contributed by atoms with Crippen LogP contribution in [0, 0.1) is 26.9 Å². The number of rotatable bonds is 14. The lowest BCUT2D eigenvalue weighted by atomic mass is 9.38. The Morgan fingerprint density at radius 3 is 2.52 bits per heavy atom. The number of aromatic amines is 1. The maximum Gasteiger partial charge on any atom is 0.273 e. The van der Waals surface area contributed by atoms with Crippen LogP contribution in [0.15, 0.2) is 77.0 Å². The molecule has 1 aliphatic heterocycles. The van der Waals surface area contributed by atoms with E-state index >= 15 is 0 Å². The van der Waals surface area contributed by atoms with E-state index in [4.69, 9.17) is 4.74 Å². The Bertz CT molecular complexity index is 2440. The molecular weight excluding hydrogens is 782 g/mol. The number of pyridine rings is 1. The third kappa shape index (κ3) is 8.23. The molecule has 13 heteroatoms. The number of ether oxygens (including phenoxy) is 1. The Morgan fingerprint density at radius 1 is 1.02 bits per heavy atom. The summed E-state index contributed by atoms with van der Waals surface area (Å²) in [4.78, 5) is 37.6. The maximum atomic E-state index is 14.7. The fourth-order valence-electron chi connectivity index (χ4n) is 10.9. The highest BCUT2D eigenvalue weighted by molar-refractivity contribution is 7.92. The van der Waals surface area contributed by atoms with E-state index in [1.165, 1.54) is 42.5 Å². The van der Waals surface area contributed by atoms with Crippen LogP contribution in [0.3, 0.4) is 0 Å². The number of fused-ring (bicyclic) bond motifs is 1. The predicted octanol–water partition coefficient (Wildman–Crippen LogP) is 9.95. The van der Waals surface area contributed by atoms with Gasteiger partial charge in [-0.1, -0.05) is 63.2 Å². The van der Waals surface area contributed by atoms with Gasteiger partial charge in [0.15, 0.2) is 15.6 Å². The molecule has 1 saturated heterocycles. The number of aryl methyl sites for hydroxylation is 1. The number of hydrogen-bond donors (Lipinski definition) is 1. The molecule has 0 atom stereocenters. The number of benzene rings is 2. The van der Waals surface area contributed by atoms with Crippen LogP contribution in [0.2, 0.25) is 0 Å². The molecule has 0 radical (unpaired) electrons. The van der Waals surface area contributed by atoms with Crippen LogP contribution in [0.4, 0.5) is 15.8 Å². The van der Waals surface area contributed by atoms with E-state index in [-0.39, 0.29) is 32.7 Å². The summed E-state index contributed by atoms with van der Waals surface area (Å²) in [5.74, 6) is -0.434. The number of nitro groups is 1. The summed E-state index contributed by atoms with van der Waals surface area (Å²) in [7, 11) is -4.26. The molecule has 4 aromatic rings. The molecule has 0 amide bonds.